The zero-order chi connectivity index (χ0) is 21.1. The molecule has 0 aliphatic rings. The van der Waals surface area contributed by atoms with Crippen molar-refractivity contribution in [3.8, 4) is 17.6 Å². The molecule has 9 heteroatoms. The van der Waals surface area contributed by atoms with Gasteiger partial charge in [-0.15, -0.1) is 0 Å². The van der Waals surface area contributed by atoms with Gasteiger partial charge in [0.15, 0.2) is 0 Å². The Labute approximate surface area is 158 Å². The molecule has 150 valence electrons. The summed E-state index contributed by atoms with van der Waals surface area (Å²) in [6, 6.07) is 10.5. The van der Waals surface area contributed by atoms with Crippen LogP contribution in [0.2, 0.25) is 0 Å². The van der Waals surface area contributed by atoms with Gasteiger partial charge in [-0.05, 0) is 43.9 Å². The Balaban J connectivity index is 2.52. The van der Waals surface area contributed by atoms with Crippen LogP contribution in [-0.4, -0.2) is 31.1 Å². The van der Waals surface area contributed by atoms with Gasteiger partial charge in [-0.25, -0.2) is 0 Å². The Morgan fingerprint density at radius 2 is 1.68 bits per heavy atom. The van der Waals surface area contributed by atoms with Crippen LogP contribution in [0.5, 0.6) is 11.5 Å². The molecule has 2 rings (SSSR count). The Hall–Kier alpha value is -2.86. The maximum Gasteiger partial charge on any atom is 0.453 e. The van der Waals surface area contributed by atoms with E-state index in [1.54, 1.807) is 49.3 Å². The second-order valence-electron chi connectivity index (χ2n) is 6.49. The molecular weight excluding hydrogens is 381 g/mol. The Morgan fingerprint density at radius 1 is 1.04 bits per heavy atom. The summed E-state index contributed by atoms with van der Waals surface area (Å²) >= 11 is 0. The molecule has 2 aromatic carbocycles. The lowest BCUT2D eigenvalue weighted by Crippen LogP contribution is -2.38. The van der Waals surface area contributed by atoms with Gasteiger partial charge in [0.05, 0.1) is 17.3 Å². The zero-order valence-corrected chi connectivity index (χ0v) is 15.1. The lowest BCUT2D eigenvalue weighted by molar-refractivity contribution is -0.281. The fraction of sp³-hybridized carbons (Fsp3) is 0.316. The predicted octanol–water partition coefficient (Wildman–Crippen LogP) is 4.73. The first-order valence-corrected chi connectivity index (χ1v) is 8.12. The molecule has 0 unspecified atom stereocenters. The summed E-state index contributed by atoms with van der Waals surface area (Å²) in [5.41, 5.74) is 5.75. The minimum atomic E-state index is -5.71. The standard InChI is InChI=1S/C19H18F5N3O/c1-27(2)11-14-7-12(9-18(20,21)19(22,23)24)13(10-25)8-17(14)28-16-6-4-3-5-15(16)26/h3-8H,9,11,26H2,1-2H3. The van der Waals surface area contributed by atoms with Crippen LogP contribution < -0.4 is 10.5 Å². The van der Waals surface area contributed by atoms with E-state index in [4.69, 9.17) is 10.5 Å². The Morgan fingerprint density at radius 3 is 2.21 bits per heavy atom. The average Bonchev–Trinajstić information content (AvgIpc) is 2.57. The first-order chi connectivity index (χ1) is 12.9. The maximum atomic E-state index is 13.5. The molecule has 4 nitrogen and oxygen atoms in total. The molecule has 2 N–H and O–H groups in total. The molecule has 0 aliphatic heterocycles. The van der Waals surface area contributed by atoms with Crippen molar-refractivity contribution < 1.29 is 26.7 Å². The molecular formula is C19H18F5N3O. The number of halogens is 5. The first kappa shape index (κ1) is 21.4. The summed E-state index contributed by atoms with van der Waals surface area (Å²) in [6.45, 7) is 0.193. The Bertz CT molecular complexity index is 888. The highest BCUT2D eigenvalue weighted by Crippen LogP contribution is 2.40. The van der Waals surface area contributed by atoms with E-state index in [0.717, 1.165) is 12.1 Å². The van der Waals surface area contributed by atoms with Gasteiger partial charge in [-0.2, -0.15) is 27.2 Å². The summed E-state index contributed by atoms with van der Waals surface area (Å²) in [5, 5.41) is 9.27. The topological polar surface area (TPSA) is 62.3 Å². The van der Waals surface area contributed by atoms with Crippen LogP contribution >= 0.6 is 0 Å². The third-order valence-electron chi connectivity index (χ3n) is 3.86. The van der Waals surface area contributed by atoms with E-state index in [2.05, 4.69) is 0 Å². The molecule has 0 aliphatic carbocycles. The number of nitrogens with two attached hydrogens (primary N) is 1. The highest BCUT2D eigenvalue weighted by molar-refractivity contribution is 5.56. The maximum absolute atomic E-state index is 13.5. The summed E-state index contributed by atoms with van der Waals surface area (Å²) in [6.07, 6.45) is -7.34. The van der Waals surface area contributed by atoms with Crippen LogP contribution in [0.15, 0.2) is 36.4 Å². The summed E-state index contributed by atoms with van der Waals surface area (Å²) in [4.78, 5) is 1.69. The van der Waals surface area contributed by atoms with Crippen LogP contribution in [0.4, 0.5) is 27.6 Å². The molecule has 0 bridgehead atoms. The van der Waals surface area contributed by atoms with Crippen molar-refractivity contribution in [3.63, 3.8) is 0 Å². The quantitative estimate of drug-likeness (QED) is 0.563. The van der Waals surface area contributed by atoms with Gasteiger partial charge in [-0.1, -0.05) is 12.1 Å². The van der Waals surface area contributed by atoms with Gasteiger partial charge in [0.25, 0.3) is 0 Å². The smallest absolute Gasteiger partial charge is 0.453 e. The molecule has 0 heterocycles. The SMILES string of the molecule is CN(C)Cc1cc(CC(F)(F)C(F)(F)F)c(C#N)cc1Oc1ccccc1N. The first-order valence-electron chi connectivity index (χ1n) is 8.12. The van der Waals surface area contributed by atoms with E-state index in [-0.39, 0.29) is 23.6 Å². The highest BCUT2D eigenvalue weighted by Gasteiger charge is 2.57. The number of nitrogen functional groups attached to an aromatic ring is 1. The van der Waals surface area contributed by atoms with E-state index < -0.39 is 24.1 Å². The van der Waals surface area contributed by atoms with Crippen molar-refractivity contribution in [1.82, 2.24) is 4.90 Å². The molecule has 2 aromatic rings. The minimum absolute atomic E-state index is 0.155. The number of ether oxygens (including phenoxy) is 1. The van der Waals surface area contributed by atoms with Gasteiger partial charge < -0.3 is 15.4 Å². The minimum Gasteiger partial charge on any atom is -0.455 e. The van der Waals surface area contributed by atoms with Gasteiger partial charge in [0, 0.05) is 18.5 Å². The third kappa shape index (κ3) is 4.89. The molecule has 0 aromatic heterocycles. The fourth-order valence-corrected chi connectivity index (χ4v) is 2.52. The Kier molecular flexibility index (Phi) is 6.14. The molecule has 0 atom stereocenters. The van der Waals surface area contributed by atoms with Gasteiger partial charge in [0.1, 0.15) is 11.5 Å². The summed E-state index contributed by atoms with van der Waals surface area (Å²) in [7, 11) is 3.39. The van der Waals surface area contributed by atoms with Crippen LogP contribution in [0.3, 0.4) is 0 Å². The van der Waals surface area contributed by atoms with Gasteiger partial charge in [0.2, 0.25) is 0 Å². The van der Waals surface area contributed by atoms with Crippen molar-refractivity contribution in [2.24, 2.45) is 0 Å². The normalized spacial score (nSPS) is 12.1. The van der Waals surface area contributed by atoms with Crippen molar-refractivity contribution in [2.75, 3.05) is 19.8 Å². The second-order valence-corrected chi connectivity index (χ2v) is 6.49. The largest absolute Gasteiger partial charge is 0.455 e. The highest BCUT2D eigenvalue weighted by atomic mass is 19.4. The number of hydrogen-bond acceptors (Lipinski definition) is 4. The second kappa shape index (κ2) is 8.02. The number of anilines is 1. The number of rotatable bonds is 6. The van der Waals surface area contributed by atoms with E-state index in [1.165, 1.54) is 0 Å². The number of benzene rings is 2. The van der Waals surface area contributed by atoms with E-state index >= 15 is 0 Å². The van der Waals surface area contributed by atoms with Crippen molar-refractivity contribution in [2.45, 2.75) is 25.1 Å². The van der Waals surface area contributed by atoms with Crippen LogP contribution in [0.25, 0.3) is 0 Å². The third-order valence-corrected chi connectivity index (χ3v) is 3.86. The van der Waals surface area contributed by atoms with E-state index in [9.17, 15) is 27.2 Å². The summed E-state index contributed by atoms with van der Waals surface area (Å²) in [5.74, 6) is -4.53. The number of nitrogens with zero attached hydrogens (tertiary/aromatic N) is 2. The van der Waals surface area contributed by atoms with E-state index in [1.807, 2.05) is 0 Å². The molecule has 0 amide bonds. The monoisotopic (exact) mass is 399 g/mol. The van der Waals surface area contributed by atoms with E-state index in [0.29, 0.717) is 11.3 Å². The van der Waals surface area contributed by atoms with Gasteiger partial charge >= 0.3 is 12.1 Å². The van der Waals surface area contributed by atoms with Crippen LogP contribution in [0.1, 0.15) is 16.7 Å². The van der Waals surface area contributed by atoms with Crippen LogP contribution in [0, 0.1) is 11.3 Å². The number of alkyl halides is 5. The molecule has 0 saturated heterocycles. The lowest BCUT2D eigenvalue weighted by atomic mass is 9.97. The molecule has 0 spiro atoms. The summed E-state index contributed by atoms with van der Waals surface area (Å²) < 4.78 is 70.6. The number of para-hydroxylation sites is 2. The lowest BCUT2D eigenvalue weighted by Gasteiger charge is -2.22. The van der Waals surface area contributed by atoms with Crippen molar-refractivity contribution in [1.29, 1.82) is 5.26 Å². The van der Waals surface area contributed by atoms with Gasteiger partial charge in [-0.3, -0.25) is 0 Å². The molecule has 0 fully saturated rings. The molecule has 0 radical (unpaired) electrons. The number of nitriles is 1. The molecule has 28 heavy (non-hydrogen) atoms. The van der Waals surface area contributed by atoms with Crippen LogP contribution in [-0.2, 0) is 13.0 Å². The fourth-order valence-electron chi connectivity index (χ4n) is 2.52. The number of hydrogen-bond donors (Lipinski definition) is 1. The zero-order valence-electron chi connectivity index (χ0n) is 15.1. The average molecular weight is 399 g/mol. The van der Waals surface area contributed by atoms with Crippen molar-refractivity contribution >= 4 is 5.69 Å². The molecule has 0 saturated carbocycles. The predicted molar refractivity (Wildman–Crippen MR) is 94.2 cm³/mol. The van der Waals surface area contributed by atoms with Crippen molar-refractivity contribution in [3.05, 3.63) is 53.1 Å².